The van der Waals surface area contributed by atoms with Gasteiger partial charge in [0.05, 0.1) is 0 Å². The lowest BCUT2D eigenvalue weighted by molar-refractivity contribution is 0.675. The molecule has 0 radical (unpaired) electrons. The van der Waals surface area contributed by atoms with Crippen LogP contribution in [-0.4, -0.2) is 16.1 Å². The molecule has 0 bridgehead atoms. The first kappa shape index (κ1) is 14.1. The van der Waals surface area contributed by atoms with Gasteiger partial charge in [-0.05, 0) is 43.7 Å². The second-order valence-electron chi connectivity index (χ2n) is 4.52. The number of hydrogen-bond acceptors (Lipinski definition) is 2. The molecule has 0 aliphatic carbocycles. The predicted octanol–water partition coefficient (Wildman–Crippen LogP) is 3.72. The summed E-state index contributed by atoms with van der Waals surface area (Å²) >= 11 is 6.11. The molecular weight excluding hydrogens is 258 g/mol. The van der Waals surface area contributed by atoms with Crippen molar-refractivity contribution < 1.29 is 0 Å². The molecule has 1 aromatic heterocycles. The van der Waals surface area contributed by atoms with Crippen molar-refractivity contribution in [3.8, 4) is 11.4 Å². The molecule has 3 nitrogen and oxygen atoms in total. The molecule has 0 spiro atoms. The third kappa shape index (κ3) is 3.37. The van der Waals surface area contributed by atoms with Crippen LogP contribution in [0.2, 0.25) is 5.02 Å². The normalized spacial score (nSPS) is 10.9. The molecule has 0 fully saturated rings. The van der Waals surface area contributed by atoms with Crippen LogP contribution in [0.4, 0.5) is 0 Å². The molecule has 19 heavy (non-hydrogen) atoms. The van der Waals surface area contributed by atoms with E-state index >= 15 is 0 Å². The largest absolute Gasteiger partial charge is 0.331 e. The van der Waals surface area contributed by atoms with Crippen LogP contribution in [-0.2, 0) is 13.1 Å². The smallest absolute Gasteiger partial charge is 0.140 e. The topological polar surface area (TPSA) is 29.9 Å². The molecule has 0 amide bonds. The molecule has 1 aromatic carbocycles. The molecule has 0 saturated heterocycles. The van der Waals surface area contributed by atoms with Gasteiger partial charge in [0.1, 0.15) is 5.82 Å². The van der Waals surface area contributed by atoms with Crippen LogP contribution in [0.25, 0.3) is 11.4 Å². The highest BCUT2D eigenvalue weighted by Crippen LogP contribution is 2.25. The van der Waals surface area contributed by atoms with Gasteiger partial charge < -0.3 is 9.88 Å². The molecule has 0 aliphatic heterocycles. The number of rotatable bonds is 6. The van der Waals surface area contributed by atoms with E-state index in [4.69, 9.17) is 11.6 Å². The second kappa shape index (κ2) is 6.73. The Kier molecular flexibility index (Phi) is 5.00. The van der Waals surface area contributed by atoms with Gasteiger partial charge in [0.15, 0.2) is 0 Å². The van der Waals surface area contributed by atoms with Crippen molar-refractivity contribution in [2.75, 3.05) is 6.54 Å². The minimum Gasteiger partial charge on any atom is -0.331 e. The summed E-state index contributed by atoms with van der Waals surface area (Å²) in [6, 6.07) is 6.00. The first-order valence-corrected chi connectivity index (χ1v) is 7.14. The van der Waals surface area contributed by atoms with Gasteiger partial charge in [0, 0.05) is 36.1 Å². The Morgan fingerprint density at radius 3 is 2.89 bits per heavy atom. The van der Waals surface area contributed by atoms with Gasteiger partial charge in [-0.3, -0.25) is 0 Å². The fourth-order valence-corrected chi connectivity index (χ4v) is 2.33. The van der Waals surface area contributed by atoms with Crippen molar-refractivity contribution in [3.63, 3.8) is 0 Å². The molecule has 2 aromatic rings. The van der Waals surface area contributed by atoms with E-state index in [0.717, 1.165) is 42.5 Å². The van der Waals surface area contributed by atoms with E-state index < -0.39 is 0 Å². The Bertz CT molecular complexity index is 534. The number of halogens is 1. The lowest BCUT2D eigenvalue weighted by Crippen LogP contribution is -2.15. The van der Waals surface area contributed by atoms with E-state index in [-0.39, 0.29) is 0 Å². The molecular formula is C15H20ClN3. The Morgan fingerprint density at radius 2 is 2.16 bits per heavy atom. The first-order valence-electron chi connectivity index (χ1n) is 6.77. The van der Waals surface area contributed by atoms with E-state index in [1.165, 1.54) is 5.56 Å². The third-order valence-corrected chi connectivity index (χ3v) is 3.34. The number of nitrogens with one attached hydrogen (secondary N) is 1. The van der Waals surface area contributed by atoms with Crippen molar-refractivity contribution in [2.24, 2.45) is 0 Å². The van der Waals surface area contributed by atoms with Crippen molar-refractivity contribution in [3.05, 3.63) is 41.2 Å². The summed E-state index contributed by atoms with van der Waals surface area (Å²) in [6.45, 7) is 7.03. The van der Waals surface area contributed by atoms with Crippen LogP contribution in [0.15, 0.2) is 30.6 Å². The number of benzene rings is 1. The Hall–Kier alpha value is -1.32. The molecule has 0 atom stereocenters. The van der Waals surface area contributed by atoms with E-state index in [1.807, 2.05) is 24.5 Å². The lowest BCUT2D eigenvalue weighted by atomic mass is 10.1. The summed E-state index contributed by atoms with van der Waals surface area (Å²) in [5.74, 6) is 1.01. The fourth-order valence-electron chi connectivity index (χ4n) is 2.14. The molecule has 0 aliphatic rings. The zero-order valence-corrected chi connectivity index (χ0v) is 12.2. The van der Waals surface area contributed by atoms with Gasteiger partial charge in [0.25, 0.3) is 0 Å². The first-order chi connectivity index (χ1) is 9.26. The summed E-state index contributed by atoms with van der Waals surface area (Å²) in [5, 5.41) is 4.19. The highest BCUT2D eigenvalue weighted by Gasteiger charge is 2.10. The molecule has 1 heterocycles. The number of nitrogens with zero attached hydrogens (tertiary/aromatic N) is 2. The molecule has 102 valence electrons. The van der Waals surface area contributed by atoms with Crippen LogP contribution in [0, 0.1) is 0 Å². The van der Waals surface area contributed by atoms with Crippen molar-refractivity contribution in [1.82, 2.24) is 14.9 Å². The summed E-state index contributed by atoms with van der Waals surface area (Å²) < 4.78 is 2.15. The molecule has 0 unspecified atom stereocenters. The van der Waals surface area contributed by atoms with Crippen molar-refractivity contribution in [1.29, 1.82) is 0 Å². The number of hydrogen-bond donors (Lipinski definition) is 1. The van der Waals surface area contributed by atoms with Crippen molar-refractivity contribution >= 4 is 11.6 Å². The fraction of sp³-hybridized carbons (Fsp3) is 0.400. The van der Waals surface area contributed by atoms with Gasteiger partial charge in [0.2, 0.25) is 0 Å². The average Bonchev–Trinajstić information content (AvgIpc) is 2.87. The maximum atomic E-state index is 6.11. The van der Waals surface area contributed by atoms with E-state index in [2.05, 4.69) is 34.8 Å². The van der Waals surface area contributed by atoms with Crippen LogP contribution in [0.5, 0.6) is 0 Å². The maximum absolute atomic E-state index is 6.11. The maximum Gasteiger partial charge on any atom is 0.140 e. The zero-order chi connectivity index (χ0) is 13.7. The van der Waals surface area contributed by atoms with Gasteiger partial charge in [-0.1, -0.05) is 18.5 Å². The quantitative estimate of drug-likeness (QED) is 0.816. The molecule has 4 heteroatoms. The summed E-state index contributed by atoms with van der Waals surface area (Å²) in [4.78, 5) is 4.47. The summed E-state index contributed by atoms with van der Waals surface area (Å²) in [7, 11) is 0. The van der Waals surface area contributed by atoms with Gasteiger partial charge in [-0.25, -0.2) is 4.98 Å². The molecule has 1 N–H and O–H groups in total. The van der Waals surface area contributed by atoms with Crippen LogP contribution < -0.4 is 5.32 Å². The van der Waals surface area contributed by atoms with Gasteiger partial charge in [-0.2, -0.15) is 0 Å². The van der Waals surface area contributed by atoms with Gasteiger partial charge in [-0.15, -0.1) is 0 Å². The highest BCUT2D eigenvalue weighted by molar-refractivity contribution is 6.30. The minimum atomic E-state index is 0.770. The average molecular weight is 278 g/mol. The standard InChI is InChI=1S/C15H20ClN3/c1-3-7-17-11-12-10-13(16)5-6-14(12)15-18-8-9-19(15)4-2/h5-6,8-10,17H,3-4,7,11H2,1-2H3. The van der Waals surface area contributed by atoms with E-state index in [0.29, 0.717) is 0 Å². The molecule has 2 rings (SSSR count). The van der Waals surface area contributed by atoms with Crippen molar-refractivity contribution in [2.45, 2.75) is 33.4 Å². The van der Waals surface area contributed by atoms with E-state index in [1.54, 1.807) is 0 Å². The predicted molar refractivity (Wildman–Crippen MR) is 80.3 cm³/mol. The monoisotopic (exact) mass is 277 g/mol. The number of imidazole rings is 1. The van der Waals surface area contributed by atoms with Crippen LogP contribution >= 0.6 is 11.6 Å². The van der Waals surface area contributed by atoms with Gasteiger partial charge >= 0.3 is 0 Å². The number of aromatic nitrogens is 2. The third-order valence-electron chi connectivity index (χ3n) is 3.11. The summed E-state index contributed by atoms with van der Waals surface area (Å²) in [6.07, 6.45) is 4.98. The lowest BCUT2D eigenvalue weighted by Gasteiger charge is -2.12. The second-order valence-corrected chi connectivity index (χ2v) is 4.95. The Morgan fingerprint density at radius 1 is 1.32 bits per heavy atom. The highest BCUT2D eigenvalue weighted by atomic mass is 35.5. The Balaban J connectivity index is 2.33. The zero-order valence-electron chi connectivity index (χ0n) is 11.5. The number of aryl methyl sites for hydroxylation is 1. The van der Waals surface area contributed by atoms with E-state index in [9.17, 15) is 0 Å². The SMILES string of the molecule is CCCNCc1cc(Cl)ccc1-c1nccn1CC. The summed E-state index contributed by atoms with van der Waals surface area (Å²) in [5.41, 5.74) is 2.35. The molecule has 0 saturated carbocycles. The minimum absolute atomic E-state index is 0.770. The van der Waals surface area contributed by atoms with Crippen LogP contribution in [0.1, 0.15) is 25.8 Å². The Labute approximate surface area is 119 Å². The van der Waals surface area contributed by atoms with Crippen LogP contribution in [0.3, 0.4) is 0 Å².